The zero-order valence-electron chi connectivity index (χ0n) is 16.5. The molecule has 4 rings (SSSR count). The molecule has 1 aliphatic heterocycles. The monoisotopic (exact) mass is 393 g/mol. The molecule has 0 aliphatic carbocycles. The standard InChI is InChI=1S/C21H23N5O3/c1-14-3-5-16(6-4-14)20-23-19(29-24-20)13-25-7-9-26(10-8-25)21(28)18-11-17(12-22-18)15(2)27/h3-6,11-12,22H,7-10,13H2,1-2H3. The van der Waals surface area contributed by atoms with Gasteiger partial charge in [0, 0.05) is 43.5 Å². The molecule has 1 fully saturated rings. The molecule has 1 aromatic carbocycles. The lowest BCUT2D eigenvalue weighted by atomic mass is 10.1. The molecule has 1 amide bonds. The second-order valence-corrected chi connectivity index (χ2v) is 7.30. The van der Waals surface area contributed by atoms with Gasteiger partial charge in [-0.1, -0.05) is 35.0 Å². The summed E-state index contributed by atoms with van der Waals surface area (Å²) in [6.45, 7) is 6.71. The average molecular weight is 393 g/mol. The Morgan fingerprint density at radius 1 is 1.14 bits per heavy atom. The Kier molecular flexibility index (Phi) is 5.26. The van der Waals surface area contributed by atoms with Crippen molar-refractivity contribution in [3.05, 3.63) is 59.2 Å². The van der Waals surface area contributed by atoms with Crippen molar-refractivity contribution in [3.8, 4) is 11.4 Å². The zero-order valence-corrected chi connectivity index (χ0v) is 16.5. The van der Waals surface area contributed by atoms with Crippen LogP contribution in [0.3, 0.4) is 0 Å². The van der Waals surface area contributed by atoms with Crippen LogP contribution in [0.2, 0.25) is 0 Å². The van der Waals surface area contributed by atoms with Crippen LogP contribution in [0.5, 0.6) is 0 Å². The zero-order chi connectivity index (χ0) is 20.4. The minimum atomic E-state index is -0.0865. The first-order valence-electron chi connectivity index (χ1n) is 9.60. The number of rotatable bonds is 5. The summed E-state index contributed by atoms with van der Waals surface area (Å²) in [4.78, 5) is 35.4. The Morgan fingerprint density at radius 3 is 2.52 bits per heavy atom. The van der Waals surface area contributed by atoms with E-state index in [4.69, 9.17) is 4.52 Å². The fourth-order valence-corrected chi connectivity index (χ4v) is 3.33. The minimum absolute atomic E-state index is 0.0605. The average Bonchev–Trinajstić information content (AvgIpc) is 3.39. The highest BCUT2D eigenvalue weighted by molar-refractivity contribution is 5.99. The molecule has 0 atom stereocenters. The number of benzene rings is 1. The largest absolute Gasteiger partial charge is 0.356 e. The van der Waals surface area contributed by atoms with Crippen LogP contribution in [0.1, 0.15) is 39.2 Å². The van der Waals surface area contributed by atoms with Gasteiger partial charge >= 0.3 is 0 Å². The van der Waals surface area contributed by atoms with Gasteiger partial charge in [-0.25, -0.2) is 0 Å². The minimum Gasteiger partial charge on any atom is -0.356 e. The third-order valence-electron chi connectivity index (χ3n) is 5.12. The van der Waals surface area contributed by atoms with Crippen molar-refractivity contribution in [3.63, 3.8) is 0 Å². The van der Waals surface area contributed by atoms with Crippen molar-refractivity contribution < 1.29 is 14.1 Å². The molecule has 1 saturated heterocycles. The quantitative estimate of drug-likeness (QED) is 0.670. The summed E-state index contributed by atoms with van der Waals surface area (Å²) in [6.07, 6.45) is 1.58. The van der Waals surface area contributed by atoms with Crippen LogP contribution in [-0.2, 0) is 6.54 Å². The van der Waals surface area contributed by atoms with Gasteiger partial charge in [-0.3, -0.25) is 14.5 Å². The number of nitrogens with zero attached hydrogens (tertiary/aromatic N) is 4. The summed E-state index contributed by atoms with van der Waals surface area (Å²) in [5, 5.41) is 4.07. The highest BCUT2D eigenvalue weighted by atomic mass is 16.5. The van der Waals surface area contributed by atoms with Crippen molar-refractivity contribution in [2.75, 3.05) is 26.2 Å². The normalized spacial score (nSPS) is 14.9. The smallest absolute Gasteiger partial charge is 0.270 e. The number of aromatic nitrogens is 3. The Balaban J connectivity index is 1.32. The van der Waals surface area contributed by atoms with E-state index >= 15 is 0 Å². The van der Waals surface area contributed by atoms with E-state index in [0.29, 0.717) is 55.7 Å². The predicted octanol–water partition coefficient (Wildman–Crippen LogP) is 2.53. The van der Waals surface area contributed by atoms with Crippen LogP contribution in [-0.4, -0.2) is 62.8 Å². The van der Waals surface area contributed by atoms with E-state index in [0.717, 1.165) is 5.56 Å². The number of aryl methyl sites for hydroxylation is 1. The van der Waals surface area contributed by atoms with Gasteiger partial charge in [0.25, 0.3) is 5.91 Å². The van der Waals surface area contributed by atoms with Crippen LogP contribution in [0.15, 0.2) is 41.1 Å². The SMILES string of the molecule is CC(=O)c1c[nH]c(C(=O)N2CCN(Cc3nc(-c4ccc(C)cc4)no3)CC2)c1. The number of piperazine rings is 1. The number of Topliss-reactive ketones (excluding diaryl/α,β-unsaturated/α-hetero) is 1. The fourth-order valence-electron chi connectivity index (χ4n) is 3.33. The van der Waals surface area contributed by atoms with Crippen LogP contribution in [0.4, 0.5) is 0 Å². The highest BCUT2D eigenvalue weighted by Gasteiger charge is 2.24. The second kappa shape index (κ2) is 8.00. The molecular weight excluding hydrogens is 370 g/mol. The van der Waals surface area contributed by atoms with E-state index in [1.807, 2.05) is 31.2 Å². The Morgan fingerprint density at radius 2 is 1.86 bits per heavy atom. The molecule has 1 N–H and O–H groups in total. The first kappa shape index (κ1) is 19.1. The summed E-state index contributed by atoms with van der Waals surface area (Å²) in [5.74, 6) is 1.00. The molecule has 0 spiro atoms. The number of nitrogens with one attached hydrogen (secondary N) is 1. The lowest BCUT2D eigenvalue weighted by Crippen LogP contribution is -2.48. The van der Waals surface area contributed by atoms with E-state index in [1.165, 1.54) is 12.5 Å². The first-order valence-corrected chi connectivity index (χ1v) is 9.60. The summed E-state index contributed by atoms with van der Waals surface area (Å²) in [6, 6.07) is 9.61. The van der Waals surface area contributed by atoms with E-state index in [-0.39, 0.29) is 11.7 Å². The van der Waals surface area contributed by atoms with Crippen molar-refractivity contribution in [2.45, 2.75) is 20.4 Å². The summed E-state index contributed by atoms with van der Waals surface area (Å²) >= 11 is 0. The third-order valence-corrected chi connectivity index (χ3v) is 5.12. The Hall–Kier alpha value is -3.26. The number of amides is 1. The van der Waals surface area contributed by atoms with E-state index in [2.05, 4.69) is 20.0 Å². The van der Waals surface area contributed by atoms with Crippen LogP contribution in [0.25, 0.3) is 11.4 Å². The number of H-pyrrole nitrogens is 1. The molecule has 8 nitrogen and oxygen atoms in total. The van der Waals surface area contributed by atoms with Gasteiger partial charge in [-0.15, -0.1) is 0 Å². The predicted molar refractivity (Wildman–Crippen MR) is 106 cm³/mol. The molecule has 2 aromatic heterocycles. The van der Waals surface area contributed by atoms with Crippen LogP contribution in [0, 0.1) is 6.92 Å². The molecule has 29 heavy (non-hydrogen) atoms. The topological polar surface area (TPSA) is 95.3 Å². The maximum Gasteiger partial charge on any atom is 0.270 e. The summed E-state index contributed by atoms with van der Waals surface area (Å²) in [5.41, 5.74) is 3.08. The maximum atomic E-state index is 12.6. The number of hydrogen-bond acceptors (Lipinski definition) is 6. The molecule has 0 unspecified atom stereocenters. The summed E-state index contributed by atoms with van der Waals surface area (Å²) < 4.78 is 5.40. The van der Waals surface area contributed by atoms with Gasteiger partial charge in [-0.2, -0.15) is 4.98 Å². The molecule has 1 aliphatic rings. The molecule has 0 bridgehead atoms. The molecule has 8 heteroatoms. The van der Waals surface area contributed by atoms with Crippen LogP contribution < -0.4 is 0 Å². The van der Waals surface area contributed by atoms with E-state index in [1.54, 1.807) is 17.2 Å². The second-order valence-electron chi connectivity index (χ2n) is 7.30. The molecule has 3 heterocycles. The van der Waals surface area contributed by atoms with Gasteiger partial charge in [0.15, 0.2) is 5.78 Å². The number of carbonyl (C=O) groups is 2. The van der Waals surface area contributed by atoms with Crippen molar-refractivity contribution in [1.82, 2.24) is 24.9 Å². The van der Waals surface area contributed by atoms with Crippen molar-refractivity contribution >= 4 is 11.7 Å². The van der Waals surface area contributed by atoms with Crippen LogP contribution >= 0.6 is 0 Å². The molecule has 0 saturated carbocycles. The van der Waals surface area contributed by atoms with Gasteiger partial charge in [0.2, 0.25) is 11.7 Å². The van der Waals surface area contributed by atoms with Crippen molar-refractivity contribution in [1.29, 1.82) is 0 Å². The number of ketones is 1. The fraction of sp³-hybridized carbons (Fsp3) is 0.333. The van der Waals surface area contributed by atoms with Gasteiger partial charge in [0.05, 0.1) is 6.54 Å². The lowest BCUT2D eigenvalue weighted by Gasteiger charge is -2.33. The molecule has 3 aromatic rings. The third kappa shape index (κ3) is 4.27. The highest BCUT2D eigenvalue weighted by Crippen LogP contribution is 2.18. The number of hydrogen-bond donors (Lipinski definition) is 1. The Labute approximate surface area is 168 Å². The molecule has 150 valence electrons. The van der Waals surface area contributed by atoms with Crippen molar-refractivity contribution in [2.24, 2.45) is 0 Å². The van der Waals surface area contributed by atoms with E-state index in [9.17, 15) is 9.59 Å². The Bertz CT molecular complexity index is 1010. The van der Waals surface area contributed by atoms with Gasteiger partial charge in [-0.05, 0) is 19.9 Å². The number of aromatic amines is 1. The summed E-state index contributed by atoms with van der Waals surface area (Å²) in [7, 11) is 0. The first-order chi connectivity index (χ1) is 14.0. The van der Waals surface area contributed by atoms with E-state index < -0.39 is 0 Å². The molecule has 0 radical (unpaired) electrons. The lowest BCUT2D eigenvalue weighted by molar-refractivity contribution is 0.0610. The number of carbonyl (C=O) groups excluding carboxylic acids is 2. The van der Waals surface area contributed by atoms with Gasteiger partial charge < -0.3 is 14.4 Å². The molecular formula is C21H23N5O3. The van der Waals surface area contributed by atoms with Gasteiger partial charge in [0.1, 0.15) is 5.69 Å². The maximum absolute atomic E-state index is 12.6.